The number of amides is 1. The number of rotatable bonds is 7. The second kappa shape index (κ2) is 9.31. The van der Waals surface area contributed by atoms with E-state index in [2.05, 4.69) is 0 Å². The first kappa shape index (κ1) is 22.7. The molecule has 1 atom stereocenters. The minimum Gasteiger partial charge on any atom is -0.503 e. The number of aliphatic hydroxyl groups excluding tert-OH is 1. The van der Waals surface area contributed by atoms with Gasteiger partial charge in [-0.2, -0.15) is 0 Å². The summed E-state index contributed by atoms with van der Waals surface area (Å²) in [5.74, 6) is -1.27. The molecule has 1 unspecified atom stereocenters. The lowest BCUT2D eigenvalue weighted by atomic mass is 9.95. The van der Waals surface area contributed by atoms with Gasteiger partial charge >= 0.3 is 0 Å². The van der Waals surface area contributed by atoms with E-state index in [1.54, 1.807) is 48.5 Å². The number of benzene rings is 3. The molecule has 1 N–H and O–H groups in total. The Hall–Kier alpha value is -4.03. The predicted molar refractivity (Wildman–Crippen MR) is 133 cm³/mol. The van der Waals surface area contributed by atoms with Crippen molar-refractivity contribution < 1.29 is 23.8 Å². The van der Waals surface area contributed by atoms with Crippen LogP contribution < -0.4 is 4.74 Å². The molecule has 1 aromatic heterocycles. The van der Waals surface area contributed by atoms with Crippen LogP contribution in [0.25, 0.3) is 11.0 Å². The standard InChI is InChI=1S/C28H22ClNO5/c1-34-21-12-6-10-19-16-22(35-27(19)21)25(31)23-24(18-9-5-11-20(29)15-18)30(28(33)26(23)32)14-13-17-7-3-2-4-8-17/h2-12,15-16,24,32H,13-14H2,1H3. The van der Waals surface area contributed by atoms with Gasteiger partial charge in [-0.3, -0.25) is 9.59 Å². The molecule has 4 aromatic rings. The minimum absolute atomic E-state index is 0.00999. The number of fused-ring (bicyclic) bond motifs is 1. The Labute approximate surface area is 207 Å². The number of furan rings is 1. The zero-order chi connectivity index (χ0) is 24.5. The van der Waals surface area contributed by atoms with Gasteiger partial charge in [-0.25, -0.2) is 0 Å². The van der Waals surface area contributed by atoms with Crippen LogP contribution in [0.15, 0.2) is 94.6 Å². The highest BCUT2D eigenvalue weighted by Gasteiger charge is 2.44. The lowest BCUT2D eigenvalue weighted by Gasteiger charge is -2.27. The number of methoxy groups -OCH3 is 1. The fourth-order valence-corrected chi connectivity index (χ4v) is 4.67. The molecule has 2 heterocycles. The summed E-state index contributed by atoms with van der Waals surface area (Å²) in [5, 5.41) is 12.0. The fraction of sp³-hybridized carbons (Fsp3) is 0.143. The van der Waals surface area contributed by atoms with Crippen LogP contribution >= 0.6 is 11.6 Å². The van der Waals surface area contributed by atoms with Crippen LogP contribution in [0.5, 0.6) is 5.75 Å². The van der Waals surface area contributed by atoms with Crippen molar-refractivity contribution in [1.82, 2.24) is 4.90 Å². The largest absolute Gasteiger partial charge is 0.503 e. The Morgan fingerprint density at radius 2 is 1.83 bits per heavy atom. The van der Waals surface area contributed by atoms with Crippen LogP contribution in [0.3, 0.4) is 0 Å². The maximum Gasteiger partial charge on any atom is 0.290 e. The highest BCUT2D eigenvalue weighted by atomic mass is 35.5. The number of hydrogen-bond acceptors (Lipinski definition) is 5. The van der Waals surface area contributed by atoms with E-state index in [1.165, 1.54) is 12.0 Å². The van der Waals surface area contributed by atoms with E-state index >= 15 is 0 Å². The molecule has 0 fully saturated rings. The Morgan fingerprint density at radius 1 is 1.06 bits per heavy atom. The summed E-state index contributed by atoms with van der Waals surface area (Å²) in [7, 11) is 1.52. The number of carbonyl (C=O) groups excluding carboxylic acids is 2. The minimum atomic E-state index is -0.812. The Kier molecular flexibility index (Phi) is 6.05. The first-order valence-corrected chi connectivity index (χ1v) is 11.5. The van der Waals surface area contributed by atoms with Crippen LogP contribution in [0.4, 0.5) is 0 Å². The van der Waals surface area contributed by atoms with Gasteiger partial charge in [-0.15, -0.1) is 0 Å². The lowest BCUT2D eigenvalue weighted by Crippen LogP contribution is -2.33. The van der Waals surface area contributed by atoms with Gasteiger partial charge in [0.15, 0.2) is 22.9 Å². The van der Waals surface area contributed by atoms with Crippen LogP contribution in [0.2, 0.25) is 5.02 Å². The summed E-state index contributed by atoms with van der Waals surface area (Å²) in [6, 6.07) is 22.8. The van der Waals surface area contributed by atoms with Crippen LogP contribution in [0, 0.1) is 0 Å². The Bertz CT molecular complexity index is 1460. The normalized spacial score (nSPS) is 15.8. The highest BCUT2D eigenvalue weighted by molar-refractivity contribution is 6.30. The number of halogens is 1. The molecule has 176 valence electrons. The Morgan fingerprint density at radius 3 is 2.57 bits per heavy atom. The summed E-state index contributed by atoms with van der Waals surface area (Å²) < 4.78 is 11.2. The zero-order valence-electron chi connectivity index (χ0n) is 18.9. The van der Waals surface area contributed by atoms with E-state index in [9.17, 15) is 14.7 Å². The molecule has 1 aliphatic rings. The van der Waals surface area contributed by atoms with Crippen molar-refractivity contribution in [2.45, 2.75) is 12.5 Å². The van der Waals surface area contributed by atoms with Gasteiger partial charge in [0.05, 0.1) is 18.7 Å². The van der Waals surface area contributed by atoms with E-state index < -0.39 is 23.5 Å². The number of Topliss-reactive ketones (excluding diaryl/α,β-unsaturated/α-hetero) is 1. The maximum absolute atomic E-state index is 13.7. The first-order chi connectivity index (χ1) is 17.0. The molecule has 0 spiro atoms. The van der Waals surface area contributed by atoms with Crippen LogP contribution in [-0.4, -0.2) is 35.4 Å². The quantitative estimate of drug-likeness (QED) is 0.327. The van der Waals surface area contributed by atoms with Crippen molar-refractivity contribution in [2.75, 3.05) is 13.7 Å². The number of para-hydroxylation sites is 1. The van der Waals surface area contributed by atoms with Gasteiger partial charge in [-0.05, 0) is 41.8 Å². The molecule has 6 nitrogen and oxygen atoms in total. The van der Waals surface area contributed by atoms with Crippen molar-refractivity contribution in [3.63, 3.8) is 0 Å². The van der Waals surface area contributed by atoms with Crippen molar-refractivity contribution in [3.05, 3.63) is 112 Å². The number of carbonyl (C=O) groups is 2. The SMILES string of the molecule is COc1cccc2cc(C(=O)C3=C(O)C(=O)N(CCc4ccccc4)C3c3cccc(Cl)c3)oc12. The molecule has 1 aliphatic heterocycles. The van der Waals surface area contributed by atoms with Gasteiger partial charge in [0.2, 0.25) is 5.78 Å². The lowest BCUT2D eigenvalue weighted by molar-refractivity contribution is -0.129. The molecule has 1 amide bonds. The topological polar surface area (TPSA) is 80.0 Å². The molecule has 0 radical (unpaired) electrons. The summed E-state index contributed by atoms with van der Waals surface area (Å²) in [5.41, 5.74) is 2.04. The summed E-state index contributed by atoms with van der Waals surface area (Å²) in [6.45, 7) is 0.300. The molecule has 0 saturated heterocycles. The van der Waals surface area contributed by atoms with Crippen molar-refractivity contribution in [3.8, 4) is 5.75 Å². The van der Waals surface area contributed by atoms with Gasteiger partial charge in [-0.1, -0.05) is 66.2 Å². The number of aliphatic hydroxyl groups is 1. The van der Waals surface area contributed by atoms with E-state index in [-0.39, 0.29) is 11.3 Å². The zero-order valence-corrected chi connectivity index (χ0v) is 19.7. The van der Waals surface area contributed by atoms with Gasteiger partial charge < -0.3 is 19.2 Å². The third-order valence-electron chi connectivity index (χ3n) is 6.15. The van der Waals surface area contributed by atoms with Gasteiger partial charge in [0, 0.05) is 17.0 Å². The smallest absolute Gasteiger partial charge is 0.290 e. The van der Waals surface area contributed by atoms with E-state index in [0.717, 1.165) is 5.56 Å². The van der Waals surface area contributed by atoms with Gasteiger partial charge in [0.25, 0.3) is 5.91 Å². The average molecular weight is 488 g/mol. The van der Waals surface area contributed by atoms with E-state index in [0.29, 0.717) is 40.3 Å². The number of ketones is 1. The summed E-state index contributed by atoms with van der Waals surface area (Å²) >= 11 is 6.25. The van der Waals surface area contributed by atoms with Crippen molar-refractivity contribution in [1.29, 1.82) is 0 Å². The fourth-order valence-electron chi connectivity index (χ4n) is 4.48. The maximum atomic E-state index is 13.7. The monoisotopic (exact) mass is 487 g/mol. The second-order valence-electron chi connectivity index (χ2n) is 8.27. The Balaban J connectivity index is 1.56. The molecule has 35 heavy (non-hydrogen) atoms. The van der Waals surface area contributed by atoms with E-state index in [1.807, 2.05) is 30.3 Å². The first-order valence-electron chi connectivity index (χ1n) is 11.1. The number of nitrogens with zero attached hydrogens (tertiary/aromatic N) is 1. The molecule has 5 rings (SSSR count). The van der Waals surface area contributed by atoms with Gasteiger partial charge in [0.1, 0.15) is 0 Å². The van der Waals surface area contributed by atoms with Crippen molar-refractivity contribution in [2.24, 2.45) is 0 Å². The number of hydrogen-bond donors (Lipinski definition) is 1. The molecule has 0 bridgehead atoms. The third kappa shape index (κ3) is 4.17. The van der Waals surface area contributed by atoms with Crippen LogP contribution in [0.1, 0.15) is 27.7 Å². The third-order valence-corrected chi connectivity index (χ3v) is 6.38. The molecule has 7 heteroatoms. The summed E-state index contributed by atoms with van der Waals surface area (Å²) in [4.78, 5) is 28.4. The molecular weight excluding hydrogens is 466 g/mol. The molecule has 0 aliphatic carbocycles. The average Bonchev–Trinajstić information content (AvgIpc) is 3.42. The summed E-state index contributed by atoms with van der Waals surface area (Å²) in [6.07, 6.45) is 0.556. The number of ether oxygens (including phenoxy) is 1. The molecular formula is C28H22ClNO5. The molecule has 3 aromatic carbocycles. The van der Waals surface area contributed by atoms with E-state index in [4.69, 9.17) is 20.8 Å². The van der Waals surface area contributed by atoms with Crippen LogP contribution in [-0.2, 0) is 11.2 Å². The van der Waals surface area contributed by atoms with Crippen molar-refractivity contribution >= 4 is 34.3 Å². The molecule has 0 saturated carbocycles. The second-order valence-corrected chi connectivity index (χ2v) is 8.71. The predicted octanol–water partition coefficient (Wildman–Crippen LogP) is 5.92. The highest BCUT2D eigenvalue weighted by Crippen LogP contribution is 2.40.